The van der Waals surface area contributed by atoms with E-state index < -0.39 is 15.1 Å². The number of hydrogen-bond donors (Lipinski definition) is 0. The fourth-order valence-electron chi connectivity index (χ4n) is 1.71. The van der Waals surface area contributed by atoms with Crippen LogP contribution in [0.2, 0.25) is 0 Å². The molecule has 1 aliphatic carbocycles. The third-order valence-electron chi connectivity index (χ3n) is 3.37. The van der Waals surface area contributed by atoms with Crippen molar-refractivity contribution in [3.8, 4) is 0 Å². The highest BCUT2D eigenvalue weighted by Crippen LogP contribution is 2.47. The lowest BCUT2D eigenvalue weighted by Crippen LogP contribution is -2.37. The quantitative estimate of drug-likeness (QED) is 0.746. The summed E-state index contributed by atoms with van der Waals surface area (Å²) in [7, 11) is -1.58. The molecule has 0 heterocycles. The van der Waals surface area contributed by atoms with E-state index in [1.165, 1.54) is 0 Å². The Morgan fingerprint density at radius 1 is 1.44 bits per heavy atom. The summed E-state index contributed by atoms with van der Waals surface area (Å²) in [5, 5.41) is -0.489. The van der Waals surface area contributed by atoms with E-state index in [-0.39, 0.29) is 23.1 Å². The average molecular weight is 247 g/mol. The maximum atomic E-state index is 11.8. The van der Waals surface area contributed by atoms with Gasteiger partial charge in [-0.2, -0.15) is 0 Å². The fourth-order valence-corrected chi connectivity index (χ4v) is 2.60. The molecule has 0 aromatic rings. The Hall–Kier alpha value is -0.580. The van der Waals surface area contributed by atoms with E-state index in [1.807, 2.05) is 0 Å². The Kier molecular flexibility index (Phi) is 3.39. The molecule has 0 bridgehead atoms. The van der Waals surface area contributed by atoms with E-state index in [9.17, 15) is 13.2 Å². The van der Waals surface area contributed by atoms with E-state index in [0.29, 0.717) is 0 Å². The zero-order valence-corrected chi connectivity index (χ0v) is 11.5. The topological polar surface area (TPSA) is 54.5 Å². The molecule has 1 unspecified atom stereocenters. The Morgan fingerprint density at radius 3 is 2.19 bits per heavy atom. The van der Waals surface area contributed by atoms with Crippen LogP contribution in [-0.2, 0) is 14.6 Å². The molecule has 94 valence electrons. The number of hydrogen-bond acceptors (Lipinski definition) is 3. The summed E-state index contributed by atoms with van der Waals surface area (Å²) >= 11 is 0. The van der Waals surface area contributed by atoms with Crippen molar-refractivity contribution in [2.45, 2.75) is 45.4 Å². The summed E-state index contributed by atoms with van der Waals surface area (Å²) in [6.45, 7) is 7.37. The molecular weight excluding hydrogens is 226 g/mol. The number of rotatable bonds is 4. The summed E-state index contributed by atoms with van der Waals surface area (Å²) < 4.78 is 23.2. The first-order valence-electron chi connectivity index (χ1n) is 5.55. The highest BCUT2D eigenvalue weighted by atomic mass is 32.2. The minimum absolute atomic E-state index is 0.145. The zero-order valence-electron chi connectivity index (χ0n) is 10.6. The minimum atomic E-state index is -3.28. The van der Waals surface area contributed by atoms with Gasteiger partial charge in [0, 0.05) is 13.1 Å². The maximum absolute atomic E-state index is 11.8. The SMILES string of the molecule is CC(C)S(=O)(=O)CC(=O)N(C)C1CC1(C)C. The molecule has 5 heteroatoms. The summed E-state index contributed by atoms with van der Waals surface area (Å²) in [4.78, 5) is 13.4. The third kappa shape index (κ3) is 2.75. The number of sulfone groups is 1. The number of nitrogens with zero attached hydrogens (tertiary/aromatic N) is 1. The smallest absolute Gasteiger partial charge is 0.237 e. The highest BCUT2D eigenvalue weighted by Gasteiger charge is 2.49. The molecule has 16 heavy (non-hydrogen) atoms. The van der Waals surface area contributed by atoms with Crippen molar-refractivity contribution < 1.29 is 13.2 Å². The molecule has 0 aromatic heterocycles. The second kappa shape index (κ2) is 4.02. The zero-order chi connectivity index (χ0) is 12.7. The van der Waals surface area contributed by atoms with Crippen molar-refractivity contribution in [3.63, 3.8) is 0 Å². The highest BCUT2D eigenvalue weighted by molar-refractivity contribution is 7.92. The summed E-state index contributed by atoms with van der Waals surface area (Å²) in [5.41, 5.74) is 0.145. The van der Waals surface area contributed by atoms with Crippen LogP contribution in [0.15, 0.2) is 0 Å². The third-order valence-corrected chi connectivity index (χ3v) is 5.45. The molecule has 0 aromatic carbocycles. The average Bonchev–Trinajstić information content (AvgIpc) is 2.72. The summed E-state index contributed by atoms with van der Waals surface area (Å²) in [6, 6.07) is 0.197. The molecule has 0 saturated heterocycles. The van der Waals surface area contributed by atoms with Crippen molar-refractivity contribution in [1.29, 1.82) is 0 Å². The monoisotopic (exact) mass is 247 g/mol. The molecule has 1 rings (SSSR count). The van der Waals surface area contributed by atoms with Crippen molar-refractivity contribution in [3.05, 3.63) is 0 Å². The molecular formula is C11H21NO3S. The first-order valence-corrected chi connectivity index (χ1v) is 7.27. The Balaban J connectivity index is 2.61. The maximum Gasteiger partial charge on any atom is 0.237 e. The molecule has 1 amide bonds. The van der Waals surface area contributed by atoms with Gasteiger partial charge in [-0.05, 0) is 25.7 Å². The fraction of sp³-hybridized carbons (Fsp3) is 0.909. The van der Waals surface area contributed by atoms with Crippen LogP contribution in [0.5, 0.6) is 0 Å². The van der Waals surface area contributed by atoms with E-state index >= 15 is 0 Å². The van der Waals surface area contributed by atoms with Crippen LogP contribution in [0.4, 0.5) is 0 Å². The Morgan fingerprint density at radius 2 is 1.88 bits per heavy atom. The van der Waals surface area contributed by atoms with E-state index in [4.69, 9.17) is 0 Å². The van der Waals surface area contributed by atoms with Gasteiger partial charge in [-0.25, -0.2) is 8.42 Å². The molecule has 0 spiro atoms. The second-order valence-electron chi connectivity index (χ2n) is 5.57. The number of carbonyl (C=O) groups excluding carboxylic acids is 1. The van der Waals surface area contributed by atoms with Gasteiger partial charge in [0.2, 0.25) is 5.91 Å². The van der Waals surface area contributed by atoms with E-state index in [0.717, 1.165) is 6.42 Å². The van der Waals surface area contributed by atoms with E-state index in [2.05, 4.69) is 13.8 Å². The summed E-state index contributed by atoms with van der Waals surface area (Å²) in [5.74, 6) is -0.655. The molecule has 0 N–H and O–H groups in total. The molecule has 0 aliphatic heterocycles. The van der Waals surface area contributed by atoms with Crippen LogP contribution in [0.25, 0.3) is 0 Å². The van der Waals surface area contributed by atoms with Gasteiger partial charge < -0.3 is 4.90 Å². The molecule has 1 atom stereocenters. The van der Waals surface area contributed by atoms with Gasteiger partial charge in [-0.15, -0.1) is 0 Å². The summed E-state index contributed by atoms with van der Waals surface area (Å²) in [6.07, 6.45) is 0.955. The first-order chi connectivity index (χ1) is 7.08. The van der Waals surface area contributed by atoms with Gasteiger partial charge in [-0.3, -0.25) is 4.79 Å². The van der Waals surface area contributed by atoms with Gasteiger partial charge in [0.1, 0.15) is 5.75 Å². The number of amides is 1. The van der Waals surface area contributed by atoms with Crippen LogP contribution in [0.3, 0.4) is 0 Å². The standard InChI is InChI=1S/C11H21NO3S/c1-8(2)16(14,15)7-10(13)12(5)9-6-11(9,3)4/h8-9H,6-7H2,1-5H3. The van der Waals surface area contributed by atoms with Crippen molar-refractivity contribution in [1.82, 2.24) is 4.90 Å². The van der Waals surface area contributed by atoms with Crippen LogP contribution < -0.4 is 0 Å². The first kappa shape index (κ1) is 13.5. The number of carbonyl (C=O) groups is 1. The normalized spacial score (nSPS) is 23.2. The molecule has 0 radical (unpaired) electrons. The molecule has 1 saturated carbocycles. The lowest BCUT2D eigenvalue weighted by atomic mass is 10.2. The van der Waals surface area contributed by atoms with Gasteiger partial charge >= 0.3 is 0 Å². The minimum Gasteiger partial charge on any atom is -0.341 e. The predicted molar refractivity (Wildman–Crippen MR) is 63.9 cm³/mol. The largest absolute Gasteiger partial charge is 0.341 e. The Labute approximate surface area is 97.9 Å². The van der Waals surface area contributed by atoms with Crippen molar-refractivity contribution >= 4 is 15.7 Å². The van der Waals surface area contributed by atoms with Gasteiger partial charge in [-0.1, -0.05) is 13.8 Å². The van der Waals surface area contributed by atoms with Crippen LogP contribution in [-0.4, -0.2) is 43.3 Å². The Bertz CT molecular complexity index is 384. The lowest BCUT2D eigenvalue weighted by molar-refractivity contribution is -0.128. The van der Waals surface area contributed by atoms with Crippen molar-refractivity contribution in [2.24, 2.45) is 5.41 Å². The molecule has 1 fully saturated rings. The van der Waals surface area contributed by atoms with Crippen molar-refractivity contribution in [2.75, 3.05) is 12.8 Å². The van der Waals surface area contributed by atoms with Gasteiger partial charge in [0.15, 0.2) is 9.84 Å². The molecule has 4 nitrogen and oxygen atoms in total. The second-order valence-corrected chi connectivity index (χ2v) is 8.13. The predicted octanol–water partition coefficient (Wildman–Crippen LogP) is 1.07. The van der Waals surface area contributed by atoms with Gasteiger partial charge in [0.25, 0.3) is 0 Å². The molecule has 1 aliphatic rings. The van der Waals surface area contributed by atoms with Crippen LogP contribution in [0, 0.1) is 5.41 Å². The van der Waals surface area contributed by atoms with Crippen LogP contribution in [0.1, 0.15) is 34.1 Å². The van der Waals surface area contributed by atoms with Gasteiger partial charge in [0.05, 0.1) is 5.25 Å². The van der Waals surface area contributed by atoms with Crippen LogP contribution >= 0.6 is 0 Å². The lowest BCUT2D eigenvalue weighted by Gasteiger charge is -2.19. The van der Waals surface area contributed by atoms with E-state index in [1.54, 1.807) is 25.8 Å².